The van der Waals surface area contributed by atoms with Crippen molar-refractivity contribution in [3.05, 3.63) is 149 Å². The van der Waals surface area contributed by atoms with Crippen LogP contribution in [0.3, 0.4) is 0 Å². The van der Waals surface area contributed by atoms with Crippen molar-refractivity contribution < 1.29 is 0 Å². The Morgan fingerprint density at radius 1 is 0.537 bits per heavy atom. The lowest BCUT2D eigenvalue weighted by atomic mass is 9.93. The van der Waals surface area contributed by atoms with Crippen molar-refractivity contribution >= 4 is 50.8 Å². The number of hydrogen-bond acceptors (Lipinski definition) is 3. The molecular weight excluding hydrogens is 498 g/mol. The fraction of sp³-hybridized carbons (Fsp3) is 0.0526. The summed E-state index contributed by atoms with van der Waals surface area (Å²) in [5.41, 5.74) is 8.80. The molecule has 0 atom stereocenters. The van der Waals surface area contributed by atoms with Crippen LogP contribution in [0.1, 0.15) is 33.4 Å². The fourth-order valence-corrected chi connectivity index (χ4v) is 5.40. The van der Waals surface area contributed by atoms with Gasteiger partial charge >= 0.3 is 0 Å². The summed E-state index contributed by atoms with van der Waals surface area (Å²) in [6.07, 6.45) is 4.15. The molecule has 41 heavy (non-hydrogen) atoms. The van der Waals surface area contributed by atoms with Crippen LogP contribution >= 0.6 is 0 Å². The van der Waals surface area contributed by atoms with Crippen molar-refractivity contribution in [2.75, 3.05) is 4.90 Å². The van der Waals surface area contributed by atoms with E-state index in [0.29, 0.717) is 11.1 Å². The number of benzene rings is 6. The number of para-hydroxylation sites is 1. The van der Waals surface area contributed by atoms with Crippen molar-refractivity contribution in [1.29, 1.82) is 10.5 Å². The molecule has 0 bridgehead atoms. The number of hydrogen-bond donors (Lipinski definition) is 0. The van der Waals surface area contributed by atoms with Crippen molar-refractivity contribution in [3.8, 4) is 12.1 Å². The first kappa shape index (κ1) is 25.6. The highest BCUT2D eigenvalue weighted by Gasteiger charge is 2.12. The van der Waals surface area contributed by atoms with Crippen molar-refractivity contribution in [2.24, 2.45) is 0 Å². The zero-order valence-corrected chi connectivity index (χ0v) is 23.0. The molecule has 0 amide bonds. The first-order valence-electron chi connectivity index (χ1n) is 13.6. The van der Waals surface area contributed by atoms with Crippen LogP contribution in [-0.2, 0) is 0 Å². The monoisotopic (exact) mass is 525 g/mol. The van der Waals surface area contributed by atoms with E-state index in [1.165, 1.54) is 5.56 Å². The van der Waals surface area contributed by atoms with Gasteiger partial charge in [0.25, 0.3) is 0 Å². The van der Waals surface area contributed by atoms with E-state index in [1.807, 2.05) is 37.3 Å². The molecule has 0 radical (unpaired) electrons. The van der Waals surface area contributed by atoms with Crippen molar-refractivity contribution in [2.45, 2.75) is 13.8 Å². The van der Waals surface area contributed by atoms with Crippen LogP contribution in [0.5, 0.6) is 0 Å². The van der Waals surface area contributed by atoms with E-state index in [4.69, 9.17) is 0 Å². The van der Waals surface area contributed by atoms with Gasteiger partial charge in [-0.25, -0.2) is 0 Å². The second-order valence-corrected chi connectivity index (χ2v) is 10.3. The Kier molecular flexibility index (Phi) is 6.78. The van der Waals surface area contributed by atoms with E-state index in [2.05, 4.69) is 121 Å². The summed E-state index contributed by atoms with van der Waals surface area (Å²) in [7, 11) is 0. The van der Waals surface area contributed by atoms with Gasteiger partial charge in [0.2, 0.25) is 0 Å². The molecule has 6 aromatic carbocycles. The average Bonchev–Trinajstić information content (AvgIpc) is 3.01. The molecule has 0 aliphatic heterocycles. The summed E-state index contributed by atoms with van der Waals surface area (Å²) in [6, 6.07) is 43.9. The van der Waals surface area contributed by atoms with E-state index in [-0.39, 0.29) is 0 Å². The first-order chi connectivity index (χ1) is 20.0. The predicted octanol–water partition coefficient (Wildman–Crippen LogP) is 9.99. The van der Waals surface area contributed by atoms with Crippen LogP contribution in [0.4, 0.5) is 17.1 Å². The maximum Gasteiger partial charge on any atom is 0.0992 e. The molecule has 0 aliphatic rings. The maximum absolute atomic E-state index is 9.79. The van der Waals surface area contributed by atoms with Crippen LogP contribution in [0.15, 0.2) is 115 Å². The van der Waals surface area contributed by atoms with Gasteiger partial charge in [0, 0.05) is 17.1 Å². The van der Waals surface area contributed by atoms with Gasteiger partial charge in [-0.1, -0.05) is 72.3 Å². The number of nitriles is 2. The summed E-state index contributed by atoms with van der Waals surface area (Å²) in [5.74, 6) is 0. The second kappa shape index (κ2) is 10.9. The summed E-state index contributed by atoms with van der Waals surface area (Å²) in [5, 5.41) is 23.4. The molecule has 194 valence electrons. The summed E-state index contributed by atoms with van der Waals surface area (Å²) in [4.78, 5) is 2.25. The van der Waals surface area contributed by atoms with Crippen LogP contribution in [0.25, 0.3) is 33.7 Å². The van der Waals surface area contributed by atoms with Gasteiger partial charge in [-0.2, -0.15) is 10.5 Å². The zero-order valence-electron chi connectivity index (χ0n) is 23.0. The highest BCUT2D eigenvalue weighted by atomic mass is 15.1. The molecular formula is C38H27N3. The van der Waals surface area contributed by atoms with Gasteiger partial charge in [0.1, 0.15) is 0 Å². The Bertz CT molecular complexity index is 2000. The summed E-state index contributed by atoms with van der Waals surface area (Å²) < 4.78 is 0. The Morgan fingerprint density at radius 3 is 1.76 bits per heavy atom. The molecule has 0 heterocycles. The smallest absolute Gasteiger partial charge is 0.0992 e. The Balaban J connectivity index is 1.39. The lowest BCUT2D eigenvalue weighted by molar-refractivity contribution is 1.27. The number of aryl methyl sites for hydroxylation is 2. The van der Waals surface area contributed by atoms with E-state index in [1.54, 1.807) is 0 Å². The van der Waals surface area contributed by atoms with Gasteiger partial charge in [-0.15, -0.1) is 0 Å². The summed E-state index contributed by atoms with van der Waals surface area (Å²) >= 11 is 0. The Morgan fingerprint density at radius 2 is 1.10 bits per heavy atom. The molecule has 3 nitrogen and oxygen atoms in total. The molecule has 0 N–H and O–H groups in total. The number of rotatable bonds is 5. The van der Waals surface area contributed by atoms with Gasteiger partial charge in [-0.05, 0) is 113 Å². The van der Waals surface area contributed by atoms with E-state index < -0.39 is 0 Å². The van der Waals surface area contributed by atoms with Gasteiger partial charge in [0.05, 0.1) is 23.3 Å². The average molecular weight is 526 g/mol. The molecule has 3 heteroatoms. The third-order valence-corrected chi connectivity index (χ3v) is 7.48. The third kappa shape index (κ3) is 5.06. The molecule has 6 rings (SSSR count). The quantitative estimate of drug-likeness (QED) is 0.166. The lowest BCUT2D eigenvalue weighted by Crippen LogP contribution is -2.09. The SMILES string of the molecule is Cc1ccc(N(c2ccccc2)c2ccc(/C=C\c3cc(C#N)cc4c3ccc3c(C)cc(C#N)cc34)cc2)cc1. The molecule has 0 saturated heterocycles. The fourth-order valence-electron chi connectivity index (χ4n) is 5.40. The highest BCUT2D eigenvalue weighted by Crippen LogP contribution is 2.35. The molecule has 0 unspecified atom stereocenters. The number of anilines is 3. The van der Waals surface area contributed by atoms with Crippen LogP contribution in [0, 0.1) is 36.5 Å². The minimum Gasteiger partial charge on any atom is -0.311 e. The molecule has 0 saturated carbocycles. The number of nitrogens with zero attached hydrogens (tertiary/aromatic N) is 3. The highest BCUT2D eigenvalue weighted by molar-refractivity contribution is 6.12. The van der Waals surface area contributed by atoms with Gasteiger partial charge in [-0.3, -0.25) is 0 Å². The van der Waals surface area contributed by atoms with Crippen molar-refractivity contribution in [1.82, 2.24) is 0 Å². The minimum absolute atomic E-state index is 0.594. The molecule has 0 aromatic heterocycles. The largest absolute Gasteiger partial charge is 0.311 e. The zero-order chi connectivity index (χ0) is 28.3. The molecule has 6 aromatic rings. The van der Waals surface area contributed by atoms with E-state index in [9.17, 15) is 10.5 Å². The topological polar surface area (TPSA) is 50.8 Å². The van der Waals surface area contributed by atoms with E-state index in [0.717, 1.165) is 55.3 Å². The maximum atomic E-state index is 9.79. The lowest BCUT2D eigenvalue weighted by Gasteiger charge is -2.25. The van der Waals surface area contributed by atoms with Gasteiger partial charge < -0.3 is 4.90 Å². The van der Waals surface area contributed by atoms with Gasteiger partial charge in [0.15, 0.2) is 0 Å². The number of fused-ring (bicyclic) bond motifs is 3. The van der Waals surface area contributed by atoms with Crippen LogP contribution < -0.4 is 4.90 Å². The van der Waals surface area contributed by atoms with Crippen LogP contribution in [0.2, 0.25) is 0 Å². The molecule has 0 aliphatic carbocycles. The first-order valence-corrected chi connectivity index (χ1v) is 13.6. The molecule has 0 fully saturated rings. The summed E-state index contributed by atoms with van der Waals surface area (Å²) in [6.45, 7) is 4.12. The minimum atomic E-state index is 0.594. The normalized spacial score (nSPS) is 11.0. The molecule has 0 spiro atoms. The third-order valence-electron chi connectivity index (χ3n) is 7.48. The Hall–Kier alpha value is -5.64. The van der Waals surface area contributed by atoms with Crippen molar-refractivity contribution in [3.63, 3.8) is 0 Å². The predicted molar refractivity (Wildman–Crippen MR) is 170 cm³/mol. The Labute approximate surface area is 240 Å². The van der Waals surface area contributed by atoms with E-state index >= 15 is 0 Å². The van der Waals surface area contributed by atoms with Crippen LogP contribution in [-0.4, -0.2) is 0 Å². The standard InChI is InChI=1S/C38H27N3/c1-26-8-14-33(15-9-26)41(32-6-4-3-5-7-32)34-16-11-28(12-17-34)10-13-31-21-30(25-40)23-38-36(31)19-18-35-27(2)20-29(24-39)22-37(35)38/h3-23H,1-2H3/b13-10-. The second-order valence-electron chi connectivity index (χ2n) is 10.3.